The number of hydrogen-bond acceptors (Lipinski definition) is 1. The van der Waals surface area contributed by atoms with Crippen LogP contribution in [0.4, 0.5) is 10.1 Å². The Balaban J connectivity index is 2.24. The van der Waals surface area contributed by atoms with Crippen molar-refractivity contribution in [2.24, 2.45) is 0 Å². The zero-order valence-corrected chi connectivity index (χ0v) is 12.0. The Morgan fingerprint density at radius 3 is 2.42 bits per heavy atom. The van der Waals surface area contributed by atoms with Gasteiger partial charge < -0.3 is 4.90 Å². The Labute approximate surface area is 122 Å². The Hall–Kier alpha value is -1.25. The van der Waals surface area contributed by atoms with Crippen LogP contribution < -0.4 is 4.90 Å². The minimum absolute atomic E-state index is 0.231. The maximum atomic E-state index is 12.9. The molecular weight excluding hydrogens is 284 g/mol. The smallest absolute Gasteiger partial charge is 0.123 e. The van der Waals surface area contributed by atoms with Gasteiger partial charge in [-0.1, -0.05) is 35.9 Å². The summed E-state index contributed by atoms with van der Waals surface area (Å²) >= 11 is 12.2. The van der Waals surface area contributed by atoms with Crippen LogP contribution in [0.5, 0.6) is 0 Å². The maximum Gasteiger partial charge on any atom is 0.123 e. The van der Waals surface area contributed by atoms with Gasteiger partial charge in [-0.2, -0.15) is 0 Å². The topological polar surface area (TPSA) is 3.24 Å². The van der Waals surface area contributed by atoms with Crippen molar-refractivity contribution in [3.05, 3.63) is 64.4 Å². The van der Waals surface area contributed by atoms with Crippen LogP contribution in [0.25, 0.3) is 0 Å². The number of benzene rings is 2. The Kier molecular flexibility index (Phi) is 4.67. The van der Waals surface area contributed by atoms with E-state index < -0.39 is 0 Å². The van der Waals surface area contributed by atoms with Crippen molar-refractivity contribution in [3.8, 4) is 0 Å². The average molecular weight is 298 g/mol. The minimum Gasteiger partial charge on any atom is -0.369 e. The van der Waals surface area contributed by atoms with Gasteiger partial charge in [0.1, 0.15) is 5.82 Å². The molecule has 0 bridgehead atoms. The van der Waals surface area contributed by atoms with E-state index in [0.717, 1.165) is 16.8 Å². The zero-order valence-electron chi connectivity index (χ0n) is 10.5. The summed E-state index contributed by atoms with van der Waals surface area (Å²) in [4.78, 5) is 2.02. The van der Waals surface area contributed by atoms with E-state index >= 15 is 0 Å². The van der Waals surface area contributed by atoms with Gasteiger partial charge >= 0.3 is 0 Å². The fourth-order valence-electron chi connectivity index (χ4n) is 2.04. The normalized spacial score (nSPS) is 10.5. The molecule has 0 N–H and O–H groups in total. The van der Waals surface area contributed by atoms with E-state index in [9.17, 15) is 4.39 Å². The third-order valence-electron chi connectivity index (χ3n) is 2.93. The highest BCUT2D eigenvalue weighted by molar-refractivity contribution is 6.33. The highest BCUT2D eigenvalue weighted by atomic mass is 35.5. The molecule has 0 spiro atoms. The molecule has 0 aliphatic carbocycles. The lowest BCUT2D eigenvalue weighted by atomic mass is 10.1. The number of anilines is 1. The molecule has 0 saturated carbocycles. The van der Waals surface area contributed by atoms with Crippen LogP contribution in [0.3, 0.4) is 0 Å². The molecule has 2 rings (SSSR count). The first-order valence-corrected chi connectivity index (χ1v) is 6.82. The summed E-state index contributed by atoms with van der Waals surface area (Å²) in [5.41, 5.74) is 2.92. The summed E-state index contributed by atoms with van der Waals surface area (Å²) in [7, 11) is 1.95. The molecule has 4 heteroatoms. The summed E-state index contributed by atoms with van der Waals surface area (Å²) in [6.45, 7) is 0.647. The number of hydrogen-bond donors (Lipinski definition) is 0. The Morgan fingerprint density at radius 2 is 1.79 bits per heavy atom. The van der Waals surface area contributed by atoms with E-state index in [0.29, 0.717) is 17.4 Å². The van der Waals surface area contributed by atoms with Gasteiger partial charge in [0.2, 0.25) is 0 Å². The van der Waals surface area contributed by atoms with Crippen LogP contribution in [0.1, 0.15) is 11.1 Å². The monoisotopic (exact) mass is 297 g/mol. The molecule has 1 nitrogen and oxygen atoms in total. The average Bonchev–Trinajstić information content (AvgIpc) is 2.40. The number of para-hydroxylation sites is 1. The van der Waals surface area contributed by atoms with Gasteiger partial charge in [-0.05, 0) is 29.3 Å². The van der Waals surface area contributed by atoms with Gasteiger partial charge in [0.05, 0.1) is 10.7 Å². The zero-order chi connectivity index (χ0) is 13.8. The second kappa shape index (κ2) is 6.27. The van der Waals surface area contributed by atoms with E-state index in [2.05, 4.69) is 0 Å². The lowest BCUT2D eigenvalue weighted by Gasteiger charge is -2.23. The molecule has 2 aromatic rings. The van der Waals surface area contributed by atoms with Crippen molar-refractivity contribution in [2.45, 2.75) is 12.4 Å². The molecular formula is C15H14Cl2FN. The standard InChI is InChI=1S/C15H14Cl2FN/c1-19(10-11-5-7-13(18)8-6-11)15-12(9-16)3-2-4-14(15)17/h2-8H,9-10H2,1H3. The molecule has 0 aromatic heterocycles. The van der Waals surface area contributed by atoms with Gasteiger partial charge in [0, 0.05) is 19.5 Å². The van der Waals surface area contributed by atoms with Crippen molar-refractivity contribution in [2.75, 3.05) is 11.9 Å². The maximum absolute atomic E-state index is 12.9. The SMILES string of the molecule is CN(Cc1ccc(F)cc1)c1c(Cl)cccc1CCl. The van der Waals surface area contributed by atoms with E-state index in [4.69, 9.17) is 23.2 Å². The first-order valence-electron chi connectivity index (χ1n) is 5.90. The highest BCUT2D eigenvalue weighted by Crippen LogP contribution is 2.31. The van der Waals surface area contributed by atoms with Crippen LogP contribution in [-0.4, -0.2) is 7.05 Å². The second-order valence-electron chi connectivity index (χ2n) is 4.36. The van der Waals surface area contributed by atoms with Crippen molar-refractivity contribution < 1.29 is 4.39 Å². The van der Waals surface area contributed by atoms with Crippen molar-refractivity contribution in [1.82, 2.24) is 0 Å². The molecule has 0 atom stereocenters. The van der Waals surface area contributed by atoms with Gasteiger partial charge in [-0.15, -0.1) is 11.6 Å². The molecule has 0 fully saturated rings. The van der Waals surface area contributed by atoms with Gasteiger partial charge in [-0.3, -0.25) is 0 Å². The molecule has 0 amide bonds. The summed E-state index contributed by atoms with van der Waals surface area (Å²) in [6, 6.07) is 12.1. The highest BCUT2D eigenvalue weighted by Gasteiger charge is 2.11. The van der Waals surface area contributed by atoms with E-state index in [1.807, 2.05) is 30.1 Å². The molecule has 0 aliphatic heterocycles. The molecule has 19 heavy (non-hydrogen) atoms. The predicted octanol–water partition coefficient (Wildman–Crippen LogP) is 4.85. The summed E-state index contributed by atoms with van der Waals surface area (Å²) in [5.74, 6) is 0.175. The van der Waals surface area contributed by atoms with Crippen LogP contribution in [0, 0.1) is 5.82 Å². The van der Waals surface area contributed by atoms with Crippen molar-refractivity contribution in [3.63, 3.8) is 0 Å². The summed E-state index contributed by atoms with van der Waals surface area (Å²) in [5, 5.41) is 0.669. The van der Waals surface area contributed by atoms with E-state index in [-0.39, 0.29) is 5.82 Å². The molecule has 0 radical (unpaired) electrons. The van der Waals surface area contributed by atoms with Gasteiger partial charge in [-0.25, -0.2) is 4.39 Å². The van der Waals surface area contributed by atoms with Crippen LogP contribution in [-0.2, 0) is 12.4 Å². The quantitative estimate of drug-likeness (QED) is 0.729. The van der Waals surface area contributed by atoms with Crippen LogP contribution in [0.2, 0.25) is 5.02 Å². The Morgan fingerprint density at radius 1 is 1.11 bits per heavy atom. The third-order valence-corrected chi connectivity index (χ3v) is 3.52. The number of alkyl halides is 1. The fourth-order valence-corrected chi connectivity index (χ4v) is 2.59. The largest absolute Gasteiger partial charge is 0.369 e. The number of rotatable bonds is 4. The molecule has 0 aliphatic rings. The predicted molar refractivity (Wildman–Crippen MR) is 79.5 cm³/mol. The lowest BCUT2D eigenvalue weighted by molar-refractivity contribution is 0.627. The second-order valence-corrected chi connectivity index (χ2v) is 5.04. The fraction of sp³-hybridized carbons (Fsp3) is 0.200. The van der Waals surface area contributed by atoms with Crippen LogP contribution >= 0.6 is 23.2 Å². The summed E-state index contributed by atoms with van der Waals surface area (Å²) < 4.78 is 12.9. The molecule has 100 valence electrons. The summed E-state index contributed by atoms with van der Waals surface area (Å²) in [6.07, 6.45) is 0. The number of halogens is 3. The van der Waals surface area contributed by atoms with Crippen molar-refractivity contribution >= 4 is 28.9 Å². The third kappa shape index (κ3) is 3.40. The van der Waals surface area contributed by atoms with E-state index in [1.54, 1.807) is 12.1 Å². The molecule has 0 unspecified atom stereocenters. The van der Waals surface area contributed by atoms with Crippen LogP contribution in [0.15, 0.2) is 42.5 Å². The van der Waals surface area contributed by atoms with Crippen molar-refractivity contribution in [1.29, 1.82) is 0 Å². The first-order chi connectivity index (χ1) is 9.11. The Bertz CT molecular complexity index is 555. The molecule has 0 heterocycles. The van der Waals surface area contributed by atoms with E-state index in [1.165, 1.54) is 12.1 Å². The molecule has 2 aromatic carbocycles. The minimum atomic E-state index is -0.231. The van der Waals surface area contributed by atoms with Gasteiger partial charge in [0.15, 0.2) is 0 Å². The first kappa shape index (κ1) is 14.2. The van der Waals surface area contributed by atoms with Gasteiger partial charge in [0.25, 0.3) is 0 Å². The number of nitrogens with zero attached hydrogens (tertiary/aromatic N) is 1. The lowest BCUT2D eigenvalue weighted by Crippen LogP contribution is -2.18. The molecule has 0 saturated heterocycles.